The Morgan fingerprint density at radius 2 is 1.47 bits per heavy atom. The lowest BCUT2D eigenvalue weighted by Gasteiger charge is -2.14. The highest BCUT2D eigenvalue weighted by atomic mass is 16.5. The lowest BCUT2D eigenvalue weighted by molar-refractivity contribution is -0.117. The largest absolute Gasteiger partial charge is 0.493 e. The van der Waals surface area contributed by atoms with Gasteiger partial charge in [-0.1, -0.05) is 12.1 Å². The van der Waals surface area contributed by atoms with E-state index < -0.39 is 11.8 Å². The molecular formula is C23H25N3O6. The topological polar surface area (TPSA) is 115 Å². The summed E-state index contributed by atoms with van der Waals surface area (Å²) in [6, 6.07) is 10.1. The number of methoxy groups -OCH3 is 3. The van der Waals surface area contributed by atoms with Gasteiger partial charge in [0.25, 0.3) is 17.7 Å². The highest BCUT2D eigenvalue weighted by Crippen LogP contribution is 2.38. The molecule has 0 bridgehead atoms. The predicted molar refractivity (Wildman–Crippen MR) is 118 cm³/mol. The zero-order valence-corrected chi connectivity index (χ0v) is 18.1. The van der Waals surface area contributed by atoms with Crippen LogP contribution in [0.15, 0.2) is 42.5 Å². The first-order valence-corrected chi connectivity index (χ1v) is 9.94. The van der Waals surface area contributed by atoms with Crippen LogP contribution in [0.25, 0.3) is 6.08 Å². The molecule has 0 saturated heterocycles. The monoisotopic (exact) mass is 439 g/mol. The predicted octanol–water partition coefficient (Wildman–Crippen LogP) is 2.08. The van der Waals surface area contributed by atoms with E-state index >= 15 is 0 Å². The van der Waals surface area contributed by atoms with Crippen molar-refractivity contribution in [2.45, 2.75) is 18.9 Å². The molecule has 0 spiro atoms. The van der Waals surface area contributed by atoms with Gasteiger partial charge in [-0.05, 0) is 48.7 Å². The number of hydrazine groups is 1. The fraction of sp³-hybridized carbons (Fsp3) is 0.261. The third kappa shape index (κ3) is 5.78. The third-order valence-corrected chi connectivity index (χ3v) is 4.74. The Kier molecular flexibility index (Phi) is 7.33. The Bertz CT molecular complexity index is 1000. The molecule has 2 aromatic carbocycles. The number of benzene rings is 2. The van der Waals surface area contributed by atoms with Crippen molar-refractivity contribution >= 4 is 23.8 Å². The maximum absolute atomic E-state index is 12.4. The quantitative estimate of drug-likeness (QED) is 0.429. The lowest BCUT2D eigenvalue weighted by atomic mass is 10.1. The van der Waals surface area contributed by atoms with Crippen molar-refractivity contribution in [3.05, 3.63) is 59.2 Å². The SMILES string of the molecule is COc1cc(C(=O)NNC(=O)/C=C/c2ccc(C(=O)NC3CC3)cc2)cc(OC)c1OC. The van der Waals surface area contributed by atoms with E-state index in [-0.39, 0.29) is 11.5 Å². The molecule has 0 heterocycles. The Morgan fingerprint density at radius 1 is 0.844 bits per heavy atom. The van der Waals surface area contributed by atoms with Gasteiger partial charge in [0.2, 0.25) is 5.75 Å². The van der Waals surface area contributed by atoms with Crippen molar-refractivity contribution in [1.29, 1.82) is 0 Å². The number of ether oxygens (including phenoxy) is 3. The summed E-state index contributed by atoms with van der Waals surface area (Å²) >= 11 is 0. The molecule has 9 nitrogen and oxygen atoms in total. The maximum atomic E-state index is 12.4. The number of rotatable bonds is 8. The van der Waals surface area contributed by atoms with Crippen LogP contribution < -0.4 is 30.4 Å². The van der Waals surface area contributed by atoms with Crippen molar-refractivity contribution < 1.29 is 28.6 Å². The second kappa shape index (κ2) is 10.3. The molecule has 9 heteroatoms. The minimum absolute atomic E-state index is 0.102. The van der Waals surface area contributed by atoms with E-state index in [2.05, 4.69) is 16.2 Å². The van der Waals surface area contributed by atoms with Gasteiger partial charge in [0.1, 0.15) is 0 Å². The van der Waals surface area contributed by atoms with Crippen LogP contribution in [0.2, 0.25) is 0 Å². The first kappa shape index (κ1) is 22.7. The average molecular weight is 439 g/mol. The van der Waals surface area contributed by atoms with Gasteiger partial charge in [-0.15, -0.1) is 0 Å². The molecule has 0 aliphatic heterocycles. The van der Waals surface area contributed by atoms with E-state index in [9.17, 15) is 14.4 Å². The van der Waals surface area contributed by atoms with Gasteiger partial charge in [0, 0.05) is 23.2 Å². The highest BCUT2D eigenvalue weighted by Gasteiger charge is 2.23. The van der Waals surface area contributed by atoms with Crippen molar-refractivity contribution in [2.75, 3.05) is 21.3 Å². The van der Waals surface area contributed by atoms with Crippen LogP contribution in [0.1, 0.15) is 39.1 Å². The van der Waals surface area contributed by atoms with Gasteiger partial charge < -0.3 is 19.5 Å². The number of carbonyl (C=O) groups excluding carboxylic acids is 3. The van der Waals surface area contributed by atoms with E-state index in [1.807, 2.05) is 0 Å². The normalized spacial score (nSPS) is 12.7. The second-order valence-corrected chi connectivity index (χ2v) is 7.06. The van der Waals surface area contributed by atoms with Crippen molar-refractivity contribution in [3.63, 3.8) is 0 Å². The molecule has 2 aromatic rings. The summed E-state index contributed by atoms with van der Waals surface area (Å²) < 4.78 is 15.7. The van der Waals surface area contributed by atoms with Crippen LogP contribution in [0.5, 0.6) is 17.2 Å². The van der Waals surface area contributed by atoms with E-state index in [0.717, 1.165) is 18.4 Å². The minimum atomic E-state index is -0.558. The van der Waals surface area contributed by atoms with Gasteiger partial charge in [-0.2, -0.15) is 0 Å². The zero-order valence-electron chi connectivity index (χ0n) is 18.1. The summed E-state index contributed by atoms with van der Waals surface area (Å²) in [6.07, 6.45) is 4.90. The second-order valence-electron chi connectivity index (χ2n) is 7.06. The molecule has 3 N–H and O–H groups in total. The molecule has 0 radical (unpaired) electrons. The van der Waals surface area contributed by atoms with Crippen molar-refractivity contribution in [1.82, 2.24) is 16.2 Å². The summed E-state index contributed by atoms with van der Waals surface area (Å²) in [7, 11) is 4.35. The number of amides is 3. The smallest absolute Gasteiger partial charge is 0.269 e. The third-order valence-electron chi connectivity index (χ3n) is 4.74. The molecule has 32 heavy (non-hydrogen) atoms. The Hall–Kier alpha value is -4.01. The molecule has 0 unspecified atom stereocenters. The number of carbonyl (C=O) groups is 3. The minimum Gasteiger partial charge on any atom is -0.493 e. The van der Waals surface area contributed by atoms with Gasteiger partial charge in [0.15, 0.2) is 11.5 Å². The Labute approximate surface area is 185 Å². The summed E-state index contributed by atoms with van der Waals surface area (Å²) in [5.74, 6) is -0.196. The van der Waals surface area contributed by atoms with Gasteiger partial charge >= 0.3 is 0 Å². The number of hydrogen-bond acceptors (Lipinski definition) is 6. The zero-order chi connectivity index (χ0) is 23.1. The van der Waals surface area contributed by atoms with Gasteiger partial charge in [0.05, 0.1) is 21.3 Å². The molecule has 0 aromatic heterocycles. The number of nitrogens with one attached hydrogen (secondary N) is 3. The van der Waals surface area contributed by atoms with Crippen LogP contribution in [0.4, 0.5) is 0 Å². The molecule has 1 aliphatic rings. The first-order valence-electron chi connectivity index (χ1n) is 9.94. The molecule has 1 saturated carbocycles. The van der Waals surface area contributed by atoms with E-state index in [1.54, 1.807) is 30.3 Å². The lowest BCUT2D eigenvalue weighted by Crippen LogP contribution is -2.40. The maximum Gasteiger partial charge on any atom is 0.269 e. The molecule has 1 fully saturated rings. The molecular weight excluding hydrogens is 414 g/mol. The van der Waals surface area contributed by atoms with Crippen LogP contribution in [0, 0.1) is 0 Å². The van der Waals surface area contributed by atoms with Crippen LogP contribution >= 0.6 is 0 Å². The fourth-order valence-electron chi connectivity index (χ4n) is 2.86. The molecule has 1 aliphatic carbocycles. The van der Waals surface area contributed by atoms with Crippen molar-refractivity contribution in [3.8, 4) is 17.2 Å². The summed E-state index contributed by atoms with van der Waals surface area (Å²) in [5.41, 5.74) is 6.15. The average Bonchev–Trinajstić information content (AvgIpc) is 3.64. The number of hydrogen-bond donors (Lipinski definition) is 3. The van der Waals surface area contributed by atoms with E-state index in [0.29, 0.717) is 28.9 Å². The molecule has 3 rings (SSSR count). The Balaban J connectivity index is 1.55. The molecule has 0 atom stereocenters. The summed E-state index contributed by atoms with van der Waals surface area (Å²) in [5, 5.41) is 2.92. The Morgan fingerprint density at radius 3 is 2.00 bits per heavy atom. The van der Waals surface area contributed by atoms with Gasteiger partial charge in [-0.3, -0.25) is 25.2 Å². The summed E-state index contributed by atoms with van der Waals surface area (Å²) in [6.45, 7) is 0. The van der Waals surface area contributed by atoms with Crippen LogP contribution in [0.3, 0.4) is 0 Å². The molecule has 3 amide bonds. The van der Waals surface area contributed by atoms with Crippen LogP contribution in [-0.2, 0) is 4.79 Å². The van der Waals surface area contributed by atoms with Crippen LogP contribution in [-0.4, -0.2) is 45.1 Å². The standard InChI is InChI=1S/C23H25N3O6/c1-30-18-12-16(13-19(31-2)21(18)32-3)23(29)26-25-20(27)11-6-14-4-7-15(8-5-14)22(28)24-17-9-10-17/h4-8,11-13,17H,9-10H2,1-3H3,(H,24,28)(H,25,27)(H,26,29)/b11-6+. The first-order chi connectivity index (χ1) is 15.4. The fourth-order valence-corrected chi connectivity index (χ4v) is 2.86. The van der Waals surface area contributed by atoms with E-state index in [4.69, 9.17) is 14.2 Å². The summed E-state index contributed by atoms with van der Waals surface area (Å²) in [4.78, 5) is 36.5. The highest BCUT2D eigenvalue weighted by molar-refractivity contribution is 5.99. The molecule has 168 valence electrons. The van der Waals surface area contributed by atoms with Gasteiger partial charge in [-0.25, -0.2) is 0 Å². The van der Waals surface area contributed by atoms with E-state index in [1.165, 1.54) is 39.5 Å². The van der Waals surface area contributed by atoms with Crippen molar-refractivity contribution in [2.24, 2.45) is 0 Å².